The van der Waals surface area contributed by atoms with E-state index in [9.17, 15) is 18.5 Å². The van der Waals surface area contributed by atoms with Crippen LogP contribution in [0.5, 0.6) is 0 Å². The van der Waals surface area contributed by atoms with Crippen molar-refractivity contribution in [1.29, 1.82) is 0 Å². The molecule has 8 heteroatoms. The number of allylic oxidation sites excluding steroid dienone is 2. The van der Waals surface area contributed by atoms with Crippen LogP contribution in [-0.2, 0) is 10.0 Å². The number of rotatable bonds is 5. The Morgan fingerprint density at radius 1 is 1.41 bits per heavy atom. The van der Waals surface area contributed by atoms with Gasteiger partial charge in [-0.05, 0) is 38.2 Å². The molecule has 22 heavy (non-hydrogen) atoms. The summed E-state index contributed by atoms with van der Waals surface area (Å²) >= 11 is 0. The van der Waals surface area contributed by atoms with Crippen molar-refractivity contribution in [2.24, 2.45) is 11.0 Å². The first-order valence-electron chi connectivity index (χ1n) is 6.85. The van der Waals surface area contributed by atoms with E-state index in [0.29, 0.717) is 5.56 Å². The van der Waals surface area contributed by atoms with E-state index in [4.69, 9.17) is 0 Å². The summed E-state index contributed by atoms with van der Waals surface area (Å²) in [5.41, 5.74) is 0.172. The van der Waals surface area contributed by atoms with Crippen LogP contribution in [0.15, 0.2) is 40.3 Å². The molecule has 0 heterocycles. The van der Waals surface area contributed by atoms with Gasteiger partial charge in [0.25, 0.3) is 15.7 Å². The molecule has 1 aliphatic carbocycles. The molecule has 1 atom stereocenters. The number of benzene rings is 1. The Morgan fingerprint density at radius 3 is 2.82 bits per heavy atom. The van der Waals surface area contributed by atoms with Crippen molar-refractivity contribution in [3.63, 3.8) is 0 Å². The van der Waals surface area contributed by atoms with Gasteiger partial charge in [0, 0.05) is 17.8 Å². The van der Waals surface area contributed by atoms with Crippen LogP contribution < -0.4 is 4.83 Å². The second-order valence-electron chi connectivity index (χ2n) is 5.12. The van der Waals surface area contributed by atoms with Gasteiger partial charge in [-0.25, -0.2) is 4.83 Å². The molecule has 2 rings (SSSR count). The highest BCUT2D eigenvalue weighted by molar-refractivity contribution is 7.89. The molecule has 1 N–H and O–H groups in total. The molecule has 0 aromatic heterocycles. The Hall–Kier alpha value is -2.22. The number of hydrogen-bond acceptors (Lipinski definition) is 5. The van der Waals surface area contributed by atoms with Crippen molar-refractivity contribution in [3.8, 4) is 0 Å². The Morgan fingerprint density at radius 2 is 2.18 bits per heavy atom. The molecule has 0 unspecified atom stereocenters. The summed E-state index contributed by atoms with van der Waals surface area (Å²) in [6, 6.07) is 3.77. The van der Waals surface area contributed by atoms with Crippen LogP contribution in [0, 0.1) is 23.0 Å². The first kappa shape index (κ1) is 16.2. The largest absolute Gasteiger partial charge is 0.276 e. The highest BCUT2D eigenvalue weighted by Crippen LogP contribution is 2.22. The topological polar surface area (TPSA) is 102 Å². The van der Waals surface area contributed by atoms with E-state index in [-0.39, 0.29) is 16.5 Å². The Bertz CT molecular complexity index is 726. The summed E-state index contributed by atoms with van der Waals surface area (Å²) in [6.07, 6.45) is 8.41. The molecule has 0 spiro atoms. The van der Waals surface area contributed by atoms with E-state index in [2.05, 4.69) is 16.0 Å². The summed E-state index contributed by atoms with van der Waals surface area (Å²) in [4.78, 5) is 12.2. The van der Waals surface area contributed by atoms with Crippen LogP contribution in [0.2, 0.25) is 0 Å². The second kappa shape index (κ2) is 6.69. The number of nitro groups is 1. The van der Waals surface area contributed by atoms with Crippen LogP contribution in [-0.4, -0.2) is 19.6 Å². The molecule has 0 bridgehead atoms. The maximum Gasteiger partial charge on any atom is 0.276 e. The highest BCUT2D eigenvalue weighted by atomic mass is 32.2. The highest BCUT2D eigenvalue weighted by Gasteiger charge is 2.19. The lowest BCUT2D eigenvalue weighted by atomic mass is 9.96. The standard InChI is InChI=1S/C14H17N3O4S/c1-11-7-8-13(9-14(11)17(18)19)22(20,21)16-15-10-12-5-3-2-4-6-12/h2-3,7-10,12,16H,4-6H2,1H3/b15-10-/t12-/m1/s1. The summed E-state index contributed by atoms with van der Waals surface area (Å²) in [5, 5.41) is 14.6. The van der Waals surface area contributed by atoms with Gasteiger partial charge in [0.2, 0.25) is 0 Å². The molecule has 118 valence electrons. The van der Waals surface area contributed by atoms with Crippen molar-refractivity contribution < 1.29 is 13.3 Å². The summed E-state index contributed by atoms with van der Waals surface area (Å²) in [6.45, 7) is 1.55. The van der Waals surface area contributed by atoms with Crippen LogP contribution in [0.1, 0.15) is 24.8 Å². The minimum atomic E-state index is -3.90. The number of sulfonamides is 1. The van der Waals surface area contributed by atoms with Crippen molar-refractivity contribution in [1.82, 2.24) is 4.83 Å². The molecule has 1 aromatic rings. The lowest BCUT2D eigenvalue weighted by Gasteiger charge is -2.12. The fraction of sp³-hybridized carbons (Fsp3) is 0.357. The number of hydrogen-bond donors (Lipinski definition) is 1. The third kappa shape index (κ3) is 3.91. The molecular formula is C14H17N3O4S. The van der Waals surface area contributed by atoms with Gasteiger partial charge in [0.1, 0.15) is 0 Å². The maximum atomic E-state index is 12.1. The number of nitrogens with one attached hydrogen (secondary N) is 1. The lowest BCUT2D eigenvalue weighted by molar-refractivity contribution is -0.385. The number of aryl methyl sites for hydroxylation is 1. The minimum absolute atomic E-state index is 0.175. The first-order chi connectivity index (χ1) is 10.4. The molecule has 0 saturated carbocycles. The van der Waals surface area contributed by atoms with Gasteiger partial charge in [0.05, 0.1) is 9.82 Å². The monoisotopic (exact) mass is 323 g/mol. The zero-order valence-corrected chi connectivity index (χ0v) is 12.9. The third-order valence-corrected chi connectivity index (χ3v) is 4.68. The van der Waals surface area contributed by atoms with Gasteiger partial charge in [-0.3, -0.25) is 10.1 Å². The van der Waals surface area contributed by atoms with Crippen LogP contribution >= 0.6 is 0 Å². The molecular weight excluding hydrogens is 306 g/mol. The van der Waals surface area contributed by atoms with Gasteiger partial charge in [-0.15, -0.1) is 0 Å². The summed E-state index contributed by atoms with van der Waals surface area (Å²) in [7, 11) is -3.90. The molecule has 1 aliphatic rings. The Labute approximate surface area is 128 Å². The molecule has 0 saturated heterocycles. The average molecular weight is 323 g/mol. The van der Waals surface area contributed by atoms with Crippen LogP contribution in [0.3, 0.4) is 0 Å². The van der Waals surface area contributed by atoms with Gasteiger partial charge in [0.15, 0.2) is 0 Å². The number of nitro benzene ring substituents is 1. The van der Waals surface area contributed by atoms with Crippen LogP contribution in [0.25, 0.3) is 0 Å². The van der Waals surface area contributed by atoms with Gasteiger partial charge in [-0.1, -0.05) is 18.2 Å². The van der Waals surface area contributed by atoms with E-state index in [1.807, 2.05) is 6.08 Å². The number of hydrazone groups is 1. The predicted octanol–water partition coefficient (Wildman–Crippen LogP) is 2.52. The predicted molar refractivity (Wildman–Crippen MR) is 83.1 cm³/mol. The zero-order chi connectivity index (χ0) is 16.2. The molecule has 7 nitrogen and oxygen atoms in total. The number of nitrogens with zero attached hydrogens (tertiary/aromatic N) is 2. The fourth-order valence-electron chi connectivity index (χ4n) is 2.16. The SMILES string of the molecule is Cc1ccc(S(=O)(=O)N/N=C\[C@@H]2CC=CCC2)cc1[N+](=O)[O-]. The normalized spacial score (nSPS) is 18.5. The van der Waals surface area contributed by atoms with Gasteiger partial charge < -0.3 is 0 Å². The molecule has 0 fully saturated rings. The average Bonchev–Trinajstić information content (AvgIpc) is 2.48. The smallest absolute Gasteiger partial charge is 0.258 e. The first-order valence-corrected chi connectivity index (χ1v) is 8.33. The zero-order valence-electron chi connectivity index (χ0n) is 12.1. The third-order valence-electron chi connectivity index (χ3n) is 3.46. The summed E-state index contributed by atoms with van der Waals surface area (Å²) in [5.74, 6) is 0.208. The molecule has 1 aromatic carbocycles. The Balaban J connectivity index is 2.13. The van der Waals surface area contributed by atoms with E-state index in [1.54, 1.807) is 13.1 Å². The molecule has 0 amide bonds. The second-order valence-corrected chi connectivity index (χ2v) is 6.78. The minimum Gasteiger partial charge on any atom is -0.258 e. The van der Waals surface area contributed by atoms with Crippen LogP contribution in [0.4, 0.5) is 5.69 Å². The van der Waals surface area contributed by atoms with E-state index >= 15 is 0 Å². The van der Waals surface area contributed by atoms with E-state index in [1.165, 1.54) is 12.1 Å². The quantitative estimate of drug-likeness (QED) is 0.389. The molecule has 0 aliphatic heterocycles. The van der Waals surface area contributed by atoms with Gasteiger partial charge >= 0.3 is 0 Å². The van der Waals surface area contributed by atoms with Crippen molar-refractivity contribution in [2.45, 2.75) is 31.1 Å². The van der Waals surface area contributed by atoms with Crippen molar-refractivity contribution in [2.75, 3.05) is 0 Å². The summed E-state index contributed by atoms with van der Waals surface area (Å²) < 4.78 is 24.2. The van der Waals surface area contributed by atoms with E-state index < -0.39 is 14.9 Å². The van der Waals surface area contributed by atoms with Crippen molar-refractivity contribution in [3.05, 3.63) is 46.0 Å². The fourth-order valence-corrected chi connectivity index (χ4v) is 2.98. The molecule has 0 radical (unpaired) electrons. The Kier molecular flexibility index (Phi) is 4.92. The lowest BCUT2D eigenvalue weighted by Crippen LogP contribution is -2.19. The maximum absolute atomic E-state index is 12.1. The van der Waals surface area contributed by atoms with Gasteiger partial charge in [-0.2, -0.15) is 13.5 Å². The van der Waals surface area contributed by atoms with Crippen molar-refractivity contribution >= 4 is 21.9 Å². The van der Waals surface area contributed by atoms with E-state index in [0.717, 1.165) is 25.3 Å².